The van der Waals surface area contributed by atoms with Crippen LogP contribution in [0.15, 0.2) is 41.5 Å². The van der Waals surface area contributed by atoms with Crippen LogP contribution in [0.5, 0.6) is 5.75 Å². The molecule has 0 aliphatic heterocycles. The number of rotatable bonds is 4. The zero-order valence-electron chi connectivity index (χ0n) is 14.4. The molecule has 2 fully saturated rings. The molecule has 1 heterocycles. The fourth-order valence-electron chi connectivity index (χ4n) is 3.95. The molecule has 0 saturated heterocycles. The van der Waals surface area contributed by atoms with Gasteiger partial charge in [0.1, 0.15) is 11.5 Å². The minimum absolute atomic E-state index is 0.0381. The van der Waals surface area contributed by atoms with E-state index in [2.05, 4.69) is 0 Å². The molecule has 5 heteroatoms. The van der Waals surface area contributed by atoms with Crippen molar-refractivity contribution in [3.8, 4) is 11.4 Å². The van der Waals surface area contributed by atoms with Crippen molar-refractivity contribution in [2.45, 2.75) is 63.5 Å². The van der Waals surface area contributed by atoms with Gasteiger partial charge >= 0.3 is 5.69 Å². The van der Waals surface area contributed by atoms with Gasteiger partial charge in [-0.15, -0.1) is 0 Å². The number of ether oxygens (including phenoxy) is 1. The molecule has 0 atom stereocenters. The second kappa shape index (κ2) is 6.90. The maximum atomic E-state index is 12.7. The fraction of sp³-hybridized carbons (Fsp3) is 0.500. The van der Waals surface area contributed by atoms with E-state index in [4.69, 9.17) is 4.74 Å². The molecular formula is C20H24N2O3. The summed E-state index contributed by atoms with van der Waals surface area (Å²) in [5, 5.41) is 0. The maximum Gasteiger partial charge on any atom is 0.332 e. The first kappa shape index (κ1) is 16.2. The third kappa shape index (κ3) is 3.41. The van der Waals surface area contributed by atoms with E-state index in [0.29, 0.717) is 24.7 Å². The summed E-state index contributed by atoms with van der Waals surface area (Å²) < 4.78 is 9.42. The SMILES string of the molecule is O=C1CCC(n2ccn(-c3ccc(OC4CCCC4)cc3)c2=O)CC1. The topological polar surface area (TPSA) is 53.2 Å². The van der Waals surface area contributed by atoms with Crippen LogP contribution in [0.2, 0.25) is 0 Å². The number of hydrogen-bond donors (Lipinski definition) is 0. The van der Waals surface area contributed by atoms with Gasteiger partial charge in [0.25, 0.3) is 0 Å². The van der Waals surface area contributed by atoms with Gasteiger partial charge in [-0.1, -0.05) is 0 Å². The van der Waals surface area contributed by atoms with Crippen LogP contribution in [0.25, 0.3) is 5.69 Å². The lowest BCUT2D eigenvalue weighted by Crippen LogP contribution is -2.29. The summed E-state index contributed by atoms with van der Waals surface area (Å²) in [5.74, 6) is 1.18. The Morgan fingerprint density at radius 2 is 1.56 bits per heavy atom. The zero-order chi connectivity index (χ0) is 17.2. The Bertz CT molecular complexity index is 787. The standard InChI is InChI=1S/C20H24N2O3/c23-17-9-5-15(6-10-17)21-13-14-22(20(21)24)16-7-11-19(12-8-16)25-18-3-1-2-4-18/h7-8,11-15,18H,1-6,9-10H2. The quantitative estimate of drug-likeness (QED) is 0.854. The molecule has 1 aromatic heterocycles. The Hall–Kier alpha value is -2.30. The lowest BCUT2D eigenvalue weighted by Gasteiger charge is -2.21. The molecule has 0 N–H and O–H groups in total. The first-order valence-corrected chi connectivity index (χ1v) is 9.29. The molecule has 2 aromatic rings. The van der Waals surface area contributed by atoms with Crippen molar-refractivity contribution in [1.29, 1.82) is 0 Å². The fourth-order valence-corrected chi connectivity index (χ4v) is 3.95. The molecule has 2 aliphatic rings. The number of benzene rings is 1. The van der Waals surface area contributed by atoms with Gasteiger partial charge in [-0.3, -0.25) is 13.9 Å². The molecular weight excluding hydrogens is 316 g/mol. The van der Waals surface area contributed by atoms with Crippen molar-refractivity contribution in [2.75, 3.05) is 0 Å². The highest BCUT2D eigenvalue weighted by molar-refractivity contribution is 5.79. The van der Waals surface area contributed by atoms with Crippen LogP contribution in [0.1, 0.15) is 57.4 Å². The van der Waals surface area contributed by atoms with Crippen LogP contribution in [-0.4, -0.2) is 21.0 Å². The lowest BCUT2D eigenvalue weighted by atomic mass is 9.94. The molecule has 1 aromatic carbocycles. The molecule has 25 heavy (non-hydrogen) atoms. The van der Waals surface area contributed by atoms with Crippen molar-refractivity contribution in [3.63, 3.8) is 0 Å². The van der Waals surface area contributed by atoms with Gasteiger partial charge in [0.2, 0.25) is 0 Å². The molecule has 0 amide bonds. The van der Waals surface area contributed by atoms with Crippen molar-refractivity contribution < 1.29 is 9.53 Å². The van der Waals surface area contributed by atoms with E-state index in [1.807, 2.05) is 36.7 Å². The number of Topliss-reactive ketones (excluding diaryl/α,β-unsaturated/α-hetero) is 1. The molecule has 4 rings (SSSR count). The van der Waals surface area contributed by atoms with Crippen molar-refractivity contribution in [2.24, 2.45) is 0 Å². The van der Waals surface area contributed by atoms with Gasteiger partial charge in [-0.2, -0.15) is 0 Å². The highest BCUT2D eigenvalue weighted by atomic mass is 16.5. The summed E-state index contributed by atoms with van der Waals surface area (Å²) in [4.78, 5) is 24.1. The summed E-state index contributed by atoms with van der Waals surface area (Å²) in [5.41, 5.74) is 0.804. The first-order chi connectivity index (χ1) is 12.2. The molecule has 0 unspecified atom stereocenters. The second-order valence-electron chi connectivity index (χ2n) is 7.15. The van der Waals surface area contributed by atoms with E-state index in [9.17, 15) is 9.59 Å². The average molecular weight is 340 g/mol. The molecule has 0 radical (unpaired) electrons. The van der Waals surface area contributed by atoms with Gasteiger partial charge in [0, 0.05) is 31.3 Å². The number of ketones is 1. The molecule has 2 aliphatic carbocycles. The zero-order valence-corrected chi connectivity index (χ0v) is 14.4. The smallest absolute Gasteiger partial charge is 0.332 e. The van der Waals surface area contributed by atoms with Crippen molar-refractivity contribution in [3.05, 3.63) is 47.1 Å². The van der Waals surface area contributed by atoms with E-state index in [-0.39, 0.29) is 11.7 Å². The van der Waals surface area contributed by atoms with Crippen LogP contribution in [0.3, 0.4) is 0 Å². The van der Waals surface area contributed by atoms with Gasteiger partial charge < -0.3 is 4.74 Å². The van der Waals surface area contributed by atoms with Crippen molar-refractivity contribution >= 4 is 5.78 Å². The third-order valence-corrected chi connectivity index (χ3v) is 5.43. The van der Waals surface area contributed by atoms with Crippen LogP contribution in [0.4, 0.5) is 0 Å². The number of hydrogen-bond acceptors (Lipinski definition) is 3. The molecule has 5 nitrogen and oxygen atoms in total. The molecule has 2 saturated carbocycles. The normalized spacial score (nSPS) is 19.4. The Morgan fingerprint density at radius 1 is 0.880 bits per heavy atom. The lowest BCUT2D eigenvalue weighted by molar-refractivity contribution is -0.120. The molecule has 0 spiro atoms. The van der Waals surface area contributed by atoms with E-state index >= 15 is 0 Å². The number of carbonyl (C=O) groups is 1. The maximum absolute atomic E-state index is 12.7. The summed E-state index contributed by atoms with van der Waals surface area (Å²) in [6.07, 6.45) is 11.4. The summed E-state index contributed by atoms with van der Waals surface area (Å²) >= 11 is 0. The predicted octanol–water partition coefficient (Wildman–Crippen LogP) is 3.64. The van der Waals surface area contributed by atoms with Crippen LogP contribution in [-0.2, 0) is 4.79 Å². The minimum atomic E-state index is -0.0381. The number of nitrogens with zero attached hydrogens (tertiary/aromatic N) is 2. The number of carbonyl (C=O) groups excluding carboxylic acids is 1. The van der Waals surface area contributed by atoms with Gasteiger partial charge in [-0.05, 0) is 62.8 Å². The second-order valence-corrected chi connectivity index (χ2v) is 7.15. The van der Waals surface area contributed by atoms with Crippen LogP contribution >= 0.6 is 0 Å². The van der Waals surface area contributed by atoms with Crippen LogP contribution < -0.4 is 10.4 Å². The summed E-state index contributed by atoms with van der Waals surface area (Å²) in [6, 6.07) is 7.88. The molecule has 132 valence electrons. The Labute approximate surface area is 147 Å². The highest BCUT2D eigenvalue weighted by Gasteiger charge is 2.22. The van der Waals surface area contributed by atoms with Crippen LogP contribution in [0, 0.1) is 0 Å². The largest absolute Gasteiger partial charge is 0.490 e. The predicted molar refractivity (Wildman–Crippen MR) is 95.4 cm³/mol. The Kier molecular flexibility index (Phi) is 4.47. The van der Waals surface area contributed by atoms with E-state index in [1.165, 1.54) is 12.8 Å². The number of aromatic nitrogens is 2. The Morgan fingerprint density at radius 3 is 2.24 bits per heavy atom. The third-order valence-electron chi connectivity index (χ3n) is 5.43. The monoisotopic (exact) mass is 340 g/mol. The highest BCUT2D eigenvalue weighted by Crippen LogP contribution is 2.26. The van der Waals surface area contributed by atoms with Crippen molar-refractivity contribution in [1.82, 2.24) is 9.13 Å². The molecule has 0 bridgehead atoms. The van der Waals surface area contributed by atoms with E-state index in [0.717, 1.165) is 37.1 Å². The average Bonchev–Trinajstić information content (AvgIpc) is 3.26. The minimum Gasteiger partial charge on any atom is -0.490 e. The van der Waals surface area contributed by atoms with Gasteiger partial charge in [0.15, 0.2) is 0 Å². The summed E-state index contributed by atoms with van der Waals surface area (Å²) in [6.45, 7) is 0. The van der Waals surface area contributed by atoms with E-state index in [1.54, 1.807) is 9.13 Å². The number of imidazole rings is 1. The summed E-state index contributed by atoms with van der Waals surface area (Å²) in [7, 11) is 0. The van der Waals surface area contributed by atoms with Gasteiger partial charge in [-0.25, -0.2) is 4.79 Å². The first-order valence-electron chi connectivity index (χ1n) is 9.29. The van der Waals surface area contributed by atoms with E-state index < -0.39 is 0 Å². The van der Waals surface area contributed by atoms with Gasteiger partial charge in [0.05, 0.1) is 11.8 Å². The Balaban J connectivity index is 1.50.